The Bertz CT molecular complexity index is 55.9. The summed E-state index contributed by atoms with van der Waals surface area (Å²) in [6.07, 6.45) is 2.47. The quantitative estimate of drug-likeness (QED) is 0.555. The van der Waals surface area contributed by atoms with E-state index in [0.29, 0.717) is 0 Å². The van der Waals surface area contributed by atoms with E-state index in [1.165, 1.54) is 6.42 Å². The Morgan fingerprint density at radius 1 is 1.56 bits per heavy atom. The van der Waals surface area contributed by atoms with Crippen molar-refractivity contribution in [2.24, 2.45) is 11.7 Å². The second-order valence-electron chi connectivity index (χ2n) is 2.64. The van der Waals surface area contributed by atoms with Gasteiger partial charge in [-0.25, -0.2) is 0 Å². The van der Waals surface area contributed by atoms with Crippen molar-refractivity contribution < 1.29 is 0 Å². The third-order valence-corrected chi connectivity index (χ3v) is 1.72. The fraction of sp³-hybridized carbons (Fsp3) is 1.00. The first kappa shape index (κ1) is 8.92. The molecule has 2 nitrogen and oxygen atoms in total. The number of hydrogen-bond acceptors (Lipinski definition) is 2. The van der Waals surface area contributed by atoms with Gasteiger partial charge in [0, 0.05) is 0 Å². The summed E-state index contributed by atoms with van der Waals surface area (Å²) in [5.41, 5.74) is 5.64. The Labute approximate surface area is 57.8 Å². The predicted molar refractivity (Wildman–Crippen MR) is 41.1 cm³/mol. The molecule has 0 aromatic rings. The highest BCUT2D eigenvalue weighted by molar-refractivity contribution is 4.59. The molecule has 0 aliphatic rings. The fourth-order valence-electron chi connectivity index (χ4n) is 0.718. The summed E-state index contributed by atoms with van der Waals surface area (Å²) in [5.74, 6) is 0.743. The van der Waals surface area contributed by atoms with Crippen LogP contribution in [0.2, 0.25) is 0 Å². The first-order valence-corrected chi connectivity index (χ1v) is 3.63. The molecule has 2 atom stereocenters. The van der Waals surface area contributed by atoms with E-state index >= 15 is 0 Å². The summed E-state index contributed by atoms with van der Waals surface area (Å²) in [6.45, 7) is 4.41. The van der Waals surface area contributed by atoms with Crippen LogP contribution < -0.4 is 11.1 Å². The number of nitrogens with one attached hydrogen (secondary N) is 1. The van der Waals surface area contributed by atoms with Crippen LogP contribution in [0.5, 0.6) is 0 Å². The van der Waals surface area contributed by atoms with E-state index in [4.69, 9.17) is 5.73 Å². The summed E-state index contributed by atoms with van der Waals surface area (Å²) in [6, 6.07) is 0. The average Bonchev–Trinajstić information content (AvgIpc) is 1.87. The molecule has 0 saturated carbocycles. The van der Waals surface area contributed by atoms with Crippen LogP contribution in [-0.2, 0) is 0 Å². The van der Waals surface area contributed by atoms with Gasteiger partial charge in [-0.2, -0.15) is 0 Å². The molecular formula is C7H18N2. The topological polar surface area (TPSA) is 38.0 Å². The van der Waals surface area contributed by atoms with Gasteiger partial charge in [-0.1, -0.05) is 20.3 Å². The van der Waals surface area contributed by atoms with E-state index in [1.54, 1.807) is 0 Å². The van der Waals surface area contributed by atoms with Crippen molar-refractivity contribution in [1.82, 2.24) is 5.32 Å². The molecule has 9 heavy (non-hydrogen) atoms. The smallest absolute Gasteiger partial charge is 0.0546 e. The van der Waals surface area contributed by atoms with E-state index in [-0.39, 0.29) is 6.17 Å². The van der Waals surface area contributed by atoms with E-state index in [1.807, 2.05) is 7.05 Å². The number of rotatable bonds is 4. The first-order chi connectivity index (χ1) is 4.20. The third kappa shape index (κ3) is 4.43. The van der Waals surface area contributed by atoms with Crippen molar-refractivity contribution in [2.45, 2.75) is 32.9 Å². The fourth-order valence-corrected chi connectivity index (χ4v) is 0.718. The second kappa shape index (κ2) is 4.77. The minimum atomic E-state index is 0.181. The Morgan fingerprint density at radius 3 is 2.44 bits per heavy atom. The standard InChI is InChI=1S/C7H18N2/c1-4-6(2)5-7(8)9-3/h6-7,9H,4-5,8H2,1-3H3. The normalized spacial score (nSPS) is 17.3. The van der Waals surface area contributed by atoms with Crippen LogP contribution in [-0.4, -0.2) is 13.2 Å². The van der Waals surface area contributed by atoms with Crippen molar-refractivity contribution in [3.63, 3.8) is 0 Å². The lowest BCUT2D eigenvalue weighted by molar-refractivity contribution is 0.420. The van der Waals surface area contributed by atoms with E-state index in [9.17, 15) is 0 Å². The van der Waals surface area contributed by atoms with Crippen molar-refractivity contribution in [3.05, 3.63) is 0 Å². The maximum absolute atomic E-state index is 5.64. The molecule has 0 bridgehead atoms. The highest BCUT2D eigenvalue weighted by Crippen LogP contribution is 2.06. The van der Waals surface area contributed by atoms with Gasteiger partial charge in [0.15, 0.2) is 0 Å². The summed E-state index contributed by atoms with van der Waals surface area (Å²) in [7, 11) is 1.90. The SMILES string of the molecule is CCC(C)CC(N)NC. The van der Waals surface area contributed by atoms with Crippen LogP contribution in [0.4, 0.5) is 0 Å². The van der Waals surface area contributed by atoms with Crippen LogP contribution in [0.1, 0.15) is 26.7 Å². The molecule has 0 aromatic heterocycles. The maximum Gasteiger partial charge on any atom is 0.0546 e. The number of hydrogen-bond donors (Lipinski definition) is 2. The lowest BCUT2D eigenvalue weighted by Gasteiger charge is -2.14. The second-order valence-corrected chi connectivity index (χ2v) is 2.64. The first-order valence-electron chi connectivity index (χ1n) is 3.63. The largest absolute Gasteiger partial charge is 0.316 e. The summed E-state index contributed by atoms with van der Waals surface area (Å²) >= 11 is 0. The van der Waals surface area contributed by atoms with Crippen LogP contribution >= 0.6 is 0 Å². The molecule has 0 radical (unpaired) electrons. The maximum atomic E-state index is 5.64. The summed E-state index contributed by atoms with van der Waals surface area (Å²) in [4.78, 5) is 0. The van der Waals surface area contributed by atoms with Gasteiger partial charge in [0.1, 0.15) is 0 Å². The Kier molecular flexibility index (Phi) is 4.72. The average molecular weight is 130 g/mol. The molecule has 0 amide bonds. The van der Waals surface area contributed by atoms with Crippen molar-refractivity contribution in [2.75, 3.05) is 7.05 Å². The van der Waals surface area contributed by atoms with Crippen LogP contribution in [0.3, 0.4) is 0 Å². The van der Waals surface area contributed by atoms with Gasteiger partial charge in [0.25, 0.3) is 0 Å². The molecule has 0 saturated heterocycles. The van der Waals surface area contributed by atoms with Crippen molar-refractivity contribution in [3.8, 4) is 0 Å². The Hall–Kier alpha value is -0.0800. The molecule has 0 heterocycles. The predicted octanol–water partition coefficient (Wildman–Crippen LogP) is 0.927. The van der Waals surface area contributed by atoms with Gasteiger partial charge in [0.05, 0.1) is 6.17 Å². The Balaban J connectivity index is 3.22. The van der Waals surface area contributed by atoms with Crippen LogP contribution in [0.15, 0.2) is 0 Å². The van der Waals surface area contributed by atoms with Gasteiger partial charge >= 0.3 is 0 Å². The van der Waals surface area contributed by atoms with Gasteiger partial charge in [-0.15, -0.1) is 0 Å². The zero-order valence-electron chi connectivity index (χ0n) is 6.65. The summed E-state index contributed by atoms with van der Waals surface area (Å²) < 4.78 is 0. The van der Waals surface area contributed by atoms with Gasteiger partial charge in [0.2, 0.25) is 0 Å². The molecule has 2 unspecified atom stereocenters. The molecule has 0 aliphatic carbocycles. The van der Waals surface area contributed by atoms with Crippen LogP contribution in [0.25, 0.3) is 0 Å². The summed E-state index contributed by atoms with van der Waals surface area (Å²) in [5, 5.41) is 3.01. The van der Waals surface area contributed by atoms with Crippen LogP contribution in [0, 0.1) is 5.92 Å². The Morgan fingerprint density at radius 2 is 2.11 bits per heavy atom. The highest BCUT2D eigenvalue weighted by Gasteiger charge is 2.03. The number of nitrogens with two attached hydrogens (primary N) is 1. The lowest BCUT2D eigenvalue weighted by atomic mass is 10.0. The minimum absolute atomic E-state index is 0.181. The molecule has 0 spiro atoms. The van der Waals surface area contributed by atoms with Gasteiger partial charge < -0.3 is 11.1 Å². The lowest BCUT2D eigenvalue weighted by Crippen LogP contribution is -2.35. The molecule has 0 rings (SSSR count). The molecular weight excluding hydrogens is 112 g/mol. The zero-order chi connectivity index (χ0) is 7.28. The van der Waals surface area contributed by atoms with E-state index in [2.05, 4.69) is 19.2 Å². The zero-order valence-corrected chi connectivity index (χ0v) is 6.65. The molecule has 56 valence electrons. The van der Waals surface area contributed by atoms with E-state index in [0.717, 1.165) is 12.3 Å². The monoisotopic (exact) mass is 130 g/mol. The van der Waals surface area contributed by atoms with Gasteiger partial charge in [-0.05, 0) is 19.4 Å². The highest BCUT2D eigenvalue weighted by atomic mass is 15.0. The molecule has 0 aromatic carbocycles. The molecule has 0 aliphatic heterocycles. The van der Waals surface area contributed by atoms with Crippen molar-refractivity contribution in [1.29, 1.82) is 0 Å². The van der Waals surface area contributed by atoms with E-state index < -0.39 is 0 Å². The molecule has 0 fully saturated rings. The third-order valence-electron chi connectivity index (χ3n) is 1.72. The minimum Gasteiger partial charge on any atom is -0.316 e. The molecule has 2 heteroatoms. The van der Waals surface area contributed by atoms with Crippen molar-refractivity contribution >= 4 is 0 Å². The molecule has 3 N–H and O–H groups in total. The van der Waals surface area contributed by atoms with Gasteiger partial charge in [-0.3, -0.25) is 0 Å².